The first-order valence-corrected chi connectivity index (χ1v) is 7.13. The van der Waals surface area contributed by atoms with E-state index >= 15 is 0 Å². The van der Waals surface area contributed by atoms with Gasteiger partial charge in [0.2, 0.25) is 0 Å². The molecule has 0 unspecified atom stereocenters. The Morgan fingerprint density at radius 3 is 2.33 bits per heavy atom. The monoisotopic (exact) mass is 288 g/mol. The molecule has 0 radical (unpaired) electrons. The number of methoxy groups -OCH3 is 2. The second-order valence-electron chi connectivity index (χ2n) is 6.17. The van der Waals surface area contributed by atoms with Gasteiger partial charge in [0.1, 0.15) is 17.0 Å². The van der Waals surface area contributed by atoms with E-state index in [1.165, 1.54) is 0 Å². The molecule has 1 aromatic carbocycles. The first kappa shape index (κ1) is 15.6. The van der Waals surface area contributed by atoms with Crippen molar-refractivity contribution >= 4 is 10.9 Å². The third-order valence-electron chi connectivity index (χ3n) is 3.79. The summed E-state index contributed by atoms with van der Waals surface area (Å²) in [5.41, 5.74) is 8.88. The van der Waals surface area contributed by atoms with Crippen LogP contribution < -0.4 is 15.2 Å². The fourth-order valence-electron chi connectivity index (χ4n) is 2.53. The predicted molar refractivity (Wildman–Crippen MR) is 86.1 cm³/mol. The normalized spacial score (nSPS) is 11.7. The first-order chi connectivity index (χ1) is 9.91. The second kappa shape index (κ2) is 5.90. The Balaban J connectivity index is 2.63. The molecule has 0 bridgehead atoms. The lowest BCUT2D eigenvalue weighted by Crippen LogP contribution is -2.26. The predicted octanol–water partition coefficient (Wildman–Crippen LogP) is 3.09. The summed E-state index contributed by atoms with van der Waals surface area (Å²) in [5, 5.41) is 1.01. The van der Waals surface area contributed by atoms with Gasteiger partial charge < -0.3 is 15.2 Å². The molecule has 2 rings (SSSR count). The zero-order valence-electron chi connectivity index (χ0n) is 13.5. The number of pyridine rings is 1. The van der Waals surface area contributed by atoms with E-state index in [0.717, 1.165) is 40.1 Å². The van der Waals surface area contributed by atoms with Crippen molar-refractivity contribution < 1.29 is 9.47 Å². The zero-order chi connectivity index (χ0) is 15.6. The minimum Gasteiger partial charge on any atom is -0.496 e. The van der Waals surface area contributed by atoms with Gasteiger partial charge in [0.15, 0.2) is 0 Å². The summed E-state index contributed by atoms with van der Waals surface area (Å²) < 4.78 is 10.9. The van der Waals surface area contributed by atoms with Gasteiger partial charge in [0, 0.05) is 11.1 Å². The molecular weight excluding hydrogens is 264 g/mol. The fraction of sp³-hybridized carbons (Fsp3) is 0.471. The van der Waals surface area contributed by atoms with Crippen molar-refractivity contribution in [2.45, 2.75) is 27.2 Å². The van der Waals surface area contributed by atoms with Crippen molar-refractivity contribution in [2.24, 2.45) is 11.1 Å². The van der Waals surface area contributed by atoms with Crippen LogP contribution in [0.1, 0.15) is 25.1 Å². The van der Waals surface area contributed by atoms with Crippen LogP contribution in [0.25, 0.3) is 10.9 Å². The standard InChI is InChI=1S/C17H24N2O2/c1-11-8-12(9-17(2,3)10-18)19-16-14(21-5)7-6-13(20-4)15(11)16/h6-8H,9-10,18H2,1-5H3. The molecule has 1 heterocycles. The lowest BCUT2D eigenvalue weighted by molar-refractivity contribution is 0.372. The summed E-state index contributed by atoms with van der Waals surface area (Å²) in [6.45, 7) is 7.00. The number of benzene rings is 1. The van der Waals surface area contributed by atoms with Crippen LogP contribution in [0.2, 0.25) is 0 Å². The van der Waals surface area contributed by atoms with Gasteiger partial charge in [-0.2, -0.15) is 0 Å². The number of aromatic nitrogens is 1. The molecule has 4 heteroatoms. The maximum atomic E-state index is 5.83. The van der Waals surface area contributed by atoms with Crippen LogP contribution in [-0.2, 0) is 6.42 Å². The van der Waals surface area contributed by atoms with Gasteiger partial charge in [-0.1, -0.05) is 13.8 Å². The number of hydrogen-bond donors (Lipinski definition) is 1. The first-order valence-electron chi connectivity index (χ1n) is 7.13. The fourth-order valence-corrected chi connectivity index (χ4v) is 2.53. The van der Waals surface area contributed by atoms with Gasteiger partial charge in [-0.25, -0.2) is 4.98 Å². The largest absolute Gasteiger partial charge is 0.496 e. The summed E-state index contributed by atoms with van der Waals surface area (Å²) >= 11 is 0. The van der Waals surface area contributed by atoms with Crippen molar-refractivity contribution in [3.8, 4) is 11.5 Å². The number of aryl methyl sites for hydroxylation is 1. The van der Waals surface area contributed by atoms with Crippen LogP contribution in [0.15, 0.2) is 18.2 Å². The number of nitrogens with zero attached hydrogens (tertiary/aromatic N) is 1. The summed E-state index contributed by atoms with van der Waals surface area (Å²) in [5.74, 6) is 1.58. The molecule has 2 aromatic rings. The average molecular weight is 288 g/mol. The molecule has 0 saturated carbocycles. The molecule has 0 aliphatic carbocycles. The Hall–Kier alpha value is -1.81. The van der Waals surface area contributed by atoms with Gasteiger partial charge in [-0.15, -0.1) is 0 Å². The third kappa shape index (κ3) is 3.10. The van der Waals surface area contributed by atoms with Crippen LogP contribution in [0, 0.1) is 12.3 Å². The molecule has 4 nitrogen and oxygen atoms in total. The number of nitrogens with two attached hydrogens (primary N) is 1. The highest BCUT2D eigenvalue weighted by atomic mass is 16.5. The van der Waals surface area contributed by atoms with E-state index in [1.54, 1.807) is 14.2 Å². The van der Waals surface area contributed by atoms with E-state index < -0.39 is 0 Å². The molecule has 1 aromatic heterocycles. The Morgan fingerprint density at radius 1 is 1.14 bits per heavy atom. The van der Waals surface area contributed by atoms with Crippen molar-refractivity contribution in [1.29, 1.82) is 0 Å². The minimum atomic E-state index is 0.0270. The van der Waals surface area contributed by atoms with E-state index in [0.29, 0.717) is 6.54 Å². The van der Waals surface area contributed by atoms with Crippen LogP contribution in [0.4, 0.5) is 0 Å². The average Bonchev–Trinajstić information content (AvgIpc) is 2.45. The topological polar surface area (TPSA) is 57.4 Å². The lowest BCUT2D eigenvalue weighted by atomic mass is 9.87. The van der Waals surface area contributed by atoms with E-state index in [2.05, 4.69) is 26.8 Å². The molecule has 0 saturated heterocycles. The lowest BCUT2D eigenvalue weighted by Gasteiger charge is -2.22. The van der Waals surface area contributed by atoms with Crippen LogP contribution >= 0.6 is 0 Å². The number of fused-ring (bicyclic) bond motifs is 1. The summed E-state index contributed by atoms with van der Waals surface area (Å²) in [6.07, 6.45) is 0.834. The van der Waals surface area contributed by atoms with Crippen molar-refractivity contribution in [1.82, 2.24) is 4.98 Å². The zero-order valence-corrected chi connectivity index (χ0v) is 13.5. The quantitative estimate of drug-likeness (QED) is 0.918. The second-order valence-corrected chi connectivity index (χ2v) is 6.17. The Bertz CT molecular complexity index is 651. The summed E-state index contributed by atoms with van der Waals surface area (Å²) in [4.78, 5) is 4.79. The maximum Gasteiger partial charge on any atom is 0.145 e. The van der Waals surface area contributed by atoms with Gasteiger partial charge in [0.05, 0.1) is 14.2 Å². The van der Waals surface area contributed by atoms with Crippen molar-refractivity contribution in [2.75, 3.05) is 20.8 Å². The maximum absolute atomic E-state index is 5.83. The van der Waals surface area contributed by atoms with Gasteiger partial charge in [0.25, 0.3) is 0 Å². The Morgan fingerprint density at radius 2 is 1.76 bits per heavy atom. The smallest absolute Gasteiger partial charge is 0.145 e. The minimum absolute atomic E-state index is 0.0270. The highest BCUT2D eigenvalue weighted by Crippen LogP contribution is 2.35. The molecule has 114 valence electrons. The molecule has 2 N–H and O–H groups in total. The SMILES string of the molecule is COc1ccc(OC)c2c(C)cc(CC(C)(C)CN)nc12. The summed E-state index contributed by atoms with van der Waals surface area (Å²) in [6, 6.07) is 5.92. The molecule has 0 fully saturated rings. The van der Waals surface area contributed by atoms with Crippen molar-refractivity contribution in [3.05, 3.63) is 29.5 Å². The van der Waals surface area contributed by atoms with E-state index in [4.69, 9.17) is 20.2 Å². The number of hydrogen-bond acceptors (Lipinski definition) is 4. The van der Waals surface area contributed by atoms with E-state index in [9.17, 15) is 0 Å². The molecule has 0 amide bonds. The van der Waals surface area contributed by atoms with Crippen molar-refractivity contribution in [3.63, 3.8) is 0 Å². The summed E-state index contributed by atoms with van der Waals surface area (Å²) in [7, 11) is 3.33. The van der Waals surface area contributed by atoms with E-state index in [1.807, 2.05) is 12.1 Å². The van der Waals surface area contributed by atoms with Crippen LogP contribution in [-0.4, -0.2) is 25.7 Å². The van der Waals surface area contributed by atoms with Gasteiger partial charge in [-0.05, 0) is 49.1 Å². The highest BCUT2D eigenvalue weighted by Gasteiger charge is 2.19. The van der Waals surface area contributed by atoms with Crippen LogP contribution in [0.3, 0.4) is 0 Å². The molecule has 0 aliphatic rings. The molecular formula is C17H24N2O2. The van der Waals surface area contributed by atoms with E-state index in [-0.39, 0.29) is 5.41 Å². The molecule has 0 atom stereocenters. The molecule has 21 heavy (non-hydrogen) atoms. The third-order valence-corrected chi connectivity index (χ3v) is 3.79. The molecule has 0 spiro atoms. The Kier molecular flexibility index (Phi) is 4.37. The Labute approximate surface area is 126 Å². The number of rotatable bonds is 5. The van der Waals surface area contributed by atoms with Gasteiger partial charge >= 0.3 is 0 Å². The highest BCUT2D eigenvalue weighted by molar-refractivity contribution is 5.92. The van der Waals surface area contributed by atoms with Crippen LogP contribution in [0.5, 0.6) is 11.5 Å². The molecule has 0 aliphatic heterocycles. The van der Waals surface area contributed by atoms with Gasteiger partial charge in [-0.3, -0.25) is 0 Å². The number of ether oxygens (including phenoxy) is 2.